The fourth-order valence-electron chi connectivity index (χ4n) is 1.83. The molecule has 0 amide bonds. The highest BCUT2D eigenvalue weighted by atomic mass is 14.0. The van der Waals surface area contributed by atoms with Gasteiger partial charge in [-0.1, -0.05) is 76.2 Å². The zero-order valence-corrected chi connectivity index (χ0v) is 10.7. The highest BCUT2D eigenvalue weighted by Crippen LogP contribution is 2.13. The SMILES string of the molecule is C=C/C(=C\C)CCCCCCCCCC. The smallest absolute Gasteiger partial charge is 0.0282 e. The predicted molar refractivity (Wildman–Crippen MR) is 71.2 cm³/mol. The van der Waals surface area contributed by atoms with Crippen LogP contribution in [0.3, 0.4) is 0 Å². The Kier molecular flexibility index (Phi) is 11.2. The lowest BCUT2D eigenvalue weighted by Gasteiger charge is -2.02. The van der Waals surface area contributed by atoms with E-state index in [0.29, 0.717) is 0 Å². The van der Waals surface area contributed by atoms with Gasteiger partial charge in [-0.05, 0) is 19.8 Å². The zero-order chi connectivity index (χ0) is 11.4. The van der Waals surface area contributed by atoms with Crippen molar-refractivity contribution in [2.45, 2.75) is 71.6 Å². The summed E-state index contributed by atoms with van der Waals surface area (Å²) in [4.78, 5) is 0. The van der Waals surface area contributed by atoms with Crippen LogP contribution in [-0.4, -0.2) is 0 Å². The summed E-state index contributed by atoms with van der Waals surface area (Å²) in [7, 11) is 0. The maximum absolute atomic E-state index is 3.81. The highest BCUT2D eigenvalue weighted by Gasteiger charge is 1.93. The quantitative estimate of drug-likeness (QED) is 0.321. The van der Waals surface area contributed by atoms with Gasteiger partial charge in [-0.25, -0.2) is 0 Å². The third-order valence-corrected chi connectivity index (χ3v) is 2.95. The molecule has 0 aromatic rings. The van der Waals surface area contributed by atoms with Crippen molar-refractivity contribution in [1.29, 1.82) is 0 Å². The molecular formula is C15H28. The van der Waals surface area contributed by atoms with Crippen molar-refractivity contribution >= 4 is 0 Å². The molecule has 0 saturated carbocycles. The molecule has 0 nitrogen and oxygen atoms in total. The Bertz CT molecular complexity index is 165. The number of unbranched alkanes of at least 4 members (excludes halogenated alkanes) is 7. The number of hydrogen-bond donors (Lipinski definition) is 0. The number of hydrogen-bond acceptors (Lipinski definition) is 0. The van der Waals surface area contributed by atoms with E-state index in [1.54, 1.807) is 0 Å². The first-order chi connectivity index (χ1) is 7.35. The van der Waals surface area contributed by atoms with Crippen LogP contribution in [0.2, 0.25) is 0 Å². The molecule has 0 aliphatic carbocycles. The summed E-state index contributed by atoms with van der Waals surface area (Å²) in [6, 6.07) is 0. The van der Waals surface area contributed by atoms with Crippen molar-refractivity contribution < 1.29 is 0 Å². The van der Waals surface area contributed by atoms with E-state index in [9.17, 15) is 0 Å². The van der Waals surface area contributed by atoms with Gasteiger partial charge in [-0.3, -0.25) is 0 Å². The van der Waals surface area contributed by atoms with Crippen molar-refractivity contribution in [1.82, 2.24) is 0 Å². The third kappa shape index (κ3) is 9.78. The molecule has 0 radical (unpaired) electrons. The van der Waals surface area contributed by atoms with E-state index in [0.717, 1.165) is 0 Å². The van der Waals surface area contributed by atoms with E-state index >= 15 is 0 Å². The summed E-state index contributed by atoms with van der Waals surface area (Å²) in [5.41, 5.74) is 1.40. The fraction of sp³-hybridized carbons (Fsp3) is 0.733. The summed E-state index contributed by atoms with van der Waals surface area (Å²) >= 11 is 0. The molecule has 0 unspecified atom stereocenters. The van der Waals surface area contributed by atoms with Crippen LogP contribution in [0.4, 0.5) is 0 Å². The van der Waals surface area contributed by atoms with Gasteiger partial charge < -0.3 is 0 Å². The second kappa shape index (κ2) is 11.6. The monoisotopic (exact) mass is 208 g/mol. The molecule has 0 saturated heterocycles. The molecule has 88 valence electrons. The molecular weight excluding hydrogens is 180 g/mol. The molecule has 0 heteroatoms. The Morgan fingerprint density at radius 2 is 1.47 bits per heavy atom. The van der Waals surface area contributed by atoms with Gasteiger partial charge >= 0.3 is 0 Å². The molecule has 0 atom stereocenters. The zero-order valence-electron chi connectivity index (χ0n) is 10.7. The summed E-state index contributed by atoms with van der Waals surface area (Å²) in [5.74, 6) is 0. The van der Waals surface area contributed by atoms with Crippen LogP contribution in [0.15, 0.2) is 24.3 Å². The molecule has 0 bridgehead atoms. The van der Waals surface area contributed by atoms with Gasteiger partial charge in [0.05, 0.1) is 0 Å². The largest absolute Gasteiger partial charge is 0.0988 e. The maximum atomic E-state index is 3.81. The normalized spacial score (nSPS) is 11.7. The highest BCUT2D eigenvalue weighted by molar-refractivity contribution is 5.14. The Balaban J connectivity index is 3.14. The van der Waals surface area contributed by atoms with Crippen molar-refractivity contribution in [2.75, 3.05) is 0 Å². The average molecular weight is 208 g/mol. The van der Waals surface area contributed by atoms with Crippen LogP contribution in [0.1, 0.15) is 71.6 Å². The van der Waals surface area contributed by atoms with Gasteiger partial charge in [0.2, 0.25) is 0 Å². The summed E-state index contributed by atoms with van der Waals surface area (Å²) in [6.07, 6.45) is 16.6. The van der Waals surface area contributed by atoms with Gasteiger partial charge in [0.1, 0.15) is 0 Å². The Hall–Kier alpha value is -0.520. The lowest BCUT2D eigenvalue weighted by molar-refractivity contribution is 0.576. The minimum atomic E-state index is 1.22. The minimum absolute atomic E-state index is 1.22. The van der Waals surface area contributed by atoms with E-state index < -0.39 is 0 Å². The van der Waals surface area contributed by atoms with E-state index in [1.807, 2.05) is 6.08 Å². The van der Waals surface area contributed by atoms with Crippen LogP contribution in [0, 0.1) is 0 Å². The van der Waals surface area contributed by atoms with Crippen LogP contribution >= 0.6 is 0 Å². The molecule has 0 rings (SSSR count). The Labute approximate surface area is 96.5 Å². The first-order valence-electron chi connectivity index (χ1n) is 6.62. The molecule has 15 heavy (non-hydrogen) atoms. The number of rotatable bonds is 10. The Morgan fingerprint density at radius 1 is 0.933 bits per heavy atom. The first-order valence-corrected chi connectivity index (χ1v) is 6.62. The van der Waals surface area contributed by atoms with Crippen LogP contribution in [0.25, 0.3) is 0 Å². The fourth-order valence-corrected chi connectivity index (χ4v) is 1.83. The van der Waals surface area contributed by atoms with Gasteiger partial charge in [0, 0.05) is 0 Å². The standard InChI is InChI=1S/C15H28/c1-4-7-8-9-10-11-12-13-14-15(5-2)6-3/h5-6H,2,4,7-14H2,1,3H3/b15-6+. The lowest BCUT2D eigenvalue weighted by atomic mass is 10.0. The van der Waals surface area contributed by atoms with Crippen molar-refractivity contribution in [3.63, 3.8) is 0 Å². The molecule has 0 heterocycles. The van der Waals surface area contributed by atoms with Crippen LogP contribution in [-0.2, 0) is 0 Å². The average Bonchev–Trinajstić information content (AvgIpc) is 2.27. The van der Waals surface area contributed by atoms with Crippen molar-refractivity contribution in [3.8, 4) is 0 Å². The second-order valence-electron chi connectivity index (χ2n) is 4.29. The topological polar surface area (TPSA) is 0 Å². The van der Waals surface area contributed by atoms with Gasteiger partial charge in [-0.15, -0.1) is 0 Å². The molecule has 0 aromatic carbocycles. The minimum Gasteiger partial charge on any atom is -0.0988 e. The summed E-state index contributed by atoms with van der Waals surface area (Å²) in [5, 5.41) is 0. The molecule has 0 aliphatic rings. The van der Waals surface area contributed by atoms with Gasteiger partial charge in [0.15, 0.2) is 0 Å². The van der Waals surface area contributed by atoms with E-state index in [1.165, 1.54) is 63.4 Å². The van der Waals surface area contributed by atoms with Crippen molar-refractivity contribution in [3.05, 3.63) is 24.3 Å². The first kappa shape index (κ1) is 14.5. The van der Waals surface area contributed by atoms with Gasteiger partial charge in [-0.2, -0.15) is 0 Å². The molecule has 0 aromatic heterocycles. The van der Waals surface area contributed by atoms with Gasteiger partial charge in [0.25, 0.3) is 0 Å². The predicted octanol–water partition coefficient (Wildman–Crippen LogP) is 5.65. The second-order valence-corrected chi connectivity index (χ2v) is 4.29. The number of allylic oxidation sites excluding steroid dienone is 3. The molecule has 0 spiro atoms. The van der Waals surface area contributed by atoms with Crippen LogP contribution in [0.5, 0.6) is 0 Å². The van der Waals surface area contributed by atoms with E-state index in [4.69, 9.17) is 0 Å². The maximum Gasteiger partial charge on any atom is -0.0282 e. The molecule has 0 aliphatic heterocycles. The summed E-state index contributed by atoms with van der Waals surface area (Å²) < 4.78 is 0. The summed E-state index contributed by atoms with van der Waals surface area (Å²) in [6.45, 7) is 8.18. The van der Waals surface area contributed by atoms with Crippen LogP contribution < -0.4 is 0 Å². The molecule has 0 N–H and O–H groups in total. The lowest BCUT2D eigenvalue weighted by Crippen LogP contribution is -1.82. The molecule has 0 fully saturated rings. The van der Waals surface area contributed by atoms with E-state index in [-0.39, 0.29) is 0 Å². The Morgan fingerprint density at radius 3 is 1.93 bits per heavy atom. The van der Waals surface area contributed by atoms with E-state index in [2.05, 4.69) is 26.5 Å². The van der Waals surface area contributed by atoms with Crippen molar-refractivity contribution in [2.24, 2.45) is 0 Å². The third-order valence-electron chi connectivity index (χ3n) is 2.95.